The Hall–Kier alpha value is -2.41. The Morgan fingerprint density at radius 2 is 1.85 bits per heavy atom. The van der Waals surface area contributed by atoms with E-state index in [-0.39, 0.29) is 0 Å². The van der Waals surface area contributed by atoms with Crippen LogP contribution in [0.5, 0.6) is 17.5 Å². The number of nitrogens with one attached hydrogen (secondary N) is 2. The summed E-state index contributed by atoms with van der Waals surface area (Å²) in [5, 5.41) is 6.02. The molecule has 0 bridgehead atoms. The van der Waals surface area contributed by atoms with Gasteiger partial charge in [0.25, 0.3) is 0 Å². The molecule has 20 heavy (non-hydrogen) atoms. The van der Waals surface area contributed by atoms with Gasteiger partial charge >= 0.3 is 0 Å². The van der Waals surface area contributed by atoms with Gasteiger partial charge in [-0.05, 0) is 24.4 Å². The van der Waals surface area contributed by atoms with Gasteiger partial charge in [-0.25, -0.2) is 0 Å². The van der Waals surface area contributed by atoms with Gasteiger partial charge in [0.15, 0.2) is 5.11 Å². The molecule has 2 aromatic rings. The van der Waals surface area contributed by atoms with Crippen molar-refractivity contribution in [3.05, 3.63) is 36.4 Å². The molecule has 2 rings (SSSR count). The minimum absolute atomic E-state index is 0.301. The molecule has 0 amide bonds. The van der Waals surface area contributed by atoms with Crippen molar-refractivity contribution >= 4 is 23.3 Å². The number of thiocarbonyl (C=S) groups is 1. The fourth-order valence-corrected chi connectivity index (χ4v) is 1.48. The molecule has 6 nitrogen and oxygen atoms in total. The molecule has 0 aliphatic heterocycles. The van der Waals surface area contributed by atoms with Crippen molar-refractivity contribution in [2.24, 2.45) is 0 Å². The van der Waals surface area contributed by atoms with Gasteiger partial charge in [0.05, 0.1) is 13.2 Å². The van der Waals surface area contributed by atoms with Gasteiger partial charge in [0.1, 0.15) is 5.75 Å². The summed E-state index contributed by atoms with van der Waals surface area (Å²) in [6.45, 7) is 0. The maximum atomic E-state index is 5.64. The summed E-state index contributed by atoms with van der Waals surface area (Å²) in [4.78, 5) is 8.34. The first-order chi connectivity index (χ1) is 9.71. The number of para-hydroxylation sites is 1. The van der Waals surface area contributed by atoms with E-state index in [1.54, 1.807) is 13.1 Å². The Morgan fingerprint density at radius 3 is 2.50 bits per heavy atom. The highest BCUT2D eigenvalue weighted by molar-refractivity contribution is 7.80. The second-order valence-corrected chi connectivity index (χ2v) is 4.10. The van der Waals surface area contributed by atoms with Gasteiger partial charge in [-0.2, -0.15) is 9.97 Å². The Balaban J connectivity index is 2.23. The van der Waals surface area contributed by atoms with Crippen LogP contribution in [0.25, 0.3) is 0 Å². The van der Waals surface area contributed by atoms with E-state index in [9.17, 15) is 0 Å². The van der Waals surface area contributed by atoms with Crippen LogP contribution in [0.2, 0.25) is 0 Å². The molecule has 1 aromatic heterocycles. The van der Waals surface area contributed by atoms with Gasteiger partial charge in [-0.3, -0.25) is 0 Å². The Kier molecular flexibility index (Phi) is 4.67. The number of rotatable bonds is 4. The number of anilines is 1. The highest BCUT2D eigenvalue weighted by atomic mass is 32.1. The zero-order valence-corrected chi connectivity index (χ0v) is 11.9. The number of benzene rings is 1. The monoisotopic (exact) mass is 290 g/mol. The van der Waals surface area contributed by atoms with E-state index in [0.29, 0.717) is 28.6 Å². The molecule has 104 valence electrons. The summed E-state index contributed by atoms with van der Waals surface area (Å²) in [5.41, 5.74) is 0. The second-order valence-electron chi connectivity index (χ2n) is 3.69. The van der Waals surface area contributed by atoms with Crippen molar-refractivity contribution in [1.82, 2.24) is 15.3 Å². The highest BCUT2D eigenvalue weighted by Gasteiger charge is 2.08. The lowest BCUT2D eigenvalue weighted by molar-refractivity contribution is 0.389. The largest absolute Gasteiger partial charge is 0.481 e. The van der Waals surface area contributed by atoms with Crippen LogP contribution in [-0.2, 0) is 0 Å². The summed E-state index contributed by atoms with van der Waals surface area (Å²) in [7, 11) is 3.23. The number of hydrogen-bond acceptors (Lipinski definition) is 5. The predicted molar refractivity (Wildman–Crippen MR) is 80.4 cm³/mol. The highest BCUT2D eigenvalue weighted by Crippen LogP contribution is 2.23. The van der Waals surface area contributed by atoms with Gasteiger partial charge in [0, 0.05) is 7.05 Å². The normalized spacial score (nSPS) is 9.70. The summed E-state index contributed by atoms with van der Waals surface area (Å²) in [6.07, 6.45) is 0. The van der Waals surface area contributed by atoms with E-state index < -0.39 is 0 Å². The number of methoxy groups -OCH3 is 1. The maximum Gasteiger partial charge on any atom is 0.235 e. The lowest BCUT2D eigenvalue weighted by Gasteiger charge is -2.10. The van der Waals surface area contributed by atoms with E-state index in [4.69, 9.17) is 21.7 Å². The summed E-state index contributed by atoms with van der Waals surface area (Å²) < 4.78 is 10.8. The molecule has 0 aliphatic carbocycles. The quantitative estimate of drug-likeness (QED) is 0.836. The molecule has 0 atom stereocenters. The van der Waals surface area contributed by atoms with Crippen LogP contribution >= 0.6 is 12.2 Å². The van der Waals surface area contributed by atoms with Crippen molar-refractivity contribution < 1.29 is 9.47 Å². The zero-order chi connectivity index (χ0) is 14.4. The van der Waals surface area contributed by atoms with Crippen molar-refractivity contribution in [1.29, 1.82) is 0 Å². The van der Waals surface area contributed by atoms with E-state index in [2.05, 4.69) is 20.6 Å². The first kappa shape index (κ1) is 14.0. The van der Waals surface area contributed by atoms with Crippen LogP contribution in [0, 0.1) is 0 Å². The van der Waals surface area contributed by atoms with Crippen LogP contribution < -0.4 is 20.1 Å². The van der Waals surface area contributed by atoms with Gasteiger partial charge in [-0.1, -0.05) is 18.2 Å². The third-order valence-electron chi connectivity index (χ3n) is 2.31. The van der Waals surface area contributed by atoms with E-state index in [1.807, 2.05) is 30.3 Å². The first-order valence-corrected chi connectivity index (χ1v) is 6.27. The molecule has 1 heterocycles. The molecule has 1 aromatic carbocycles. The standard InChI is InChI=1S/C13H14N4O2S/c1-14-13(20)17-12-15-10(18-2)8-11(16-12)19-9-6-4-3-5-7-9/h3-8H,1-2H3,(H2,14,15,16,17,20). The number of nitrogens with zero attached hydrogens (tertiary/aromatic N) is 2. The summed E-state index contributed by atoms with van der Waals surface area (Å²) in [5.74, 6) is 1.72. The fourth-order valence-electron chi connectivity index (χ4n) is 1.39. The zero-order valence-electron chi connectivity index (χ0n) is 11.1. The molecular formula is C13H14N4O2S. The minimum atomic E-state index is 0.301. The van der Waals surface area contributed by atoms with E-state index in [0.717, 1.165) is 0 Å². The van der Waals surface area contributed by atoms with Crippen LogP contribution in [0.3, 0.4) is 0 Å². The summed E-state index contributed by atoms with van der Waals surface area (Å²) >= 11 is 5.01. The minimum Gasteiger partial charge on any atom is -0.481 e. The SMILES string of the molecule is CNC(=S)Nc1nc(OC)cc(Oc2ccccc2)n1. The second kappa shape index (κ2) is 6.67. The fraction of sp³-hybridized carbons (Fsp3) is 0.154. The van der Waals surface area contributed by atoms with Gasteiger partial charge < -0.3 is 20.1 Å². The van der Waals surface area contributed by atoms with Crippen molar-refractivity contribution in [2.75, 3.05) is 19.5 Å². The molecule has 7 heteroatoms. The molecule has 0 saturated heterocycles. The lowest BCUT2D eigenvalue weighted by atomic mass is 10.3. The van der Waals surface area contributed by atoms with Gasteiger partial charge in [-0.15, -0.1) is 0 Å². The van der Waals surface area contributed by atoms with Crippen molar-refractivity contribution in [2.45, 2.75) is 0 Å². The third-order valence-corrected chi connectivity index (χ3v) is 2.61. The number of hydrogen-bond donors (Lipinski definition) is 2. The van der Waals surface area contributed by atoms with Gasteiger partial charge in [0.2, 0.25) is 17.7 Å². The Morgan fingerprint density at radius 1 is 1.15 bits per heavy atom. The molecule has 0 aliphatic rings. The smallest absolute Gasteiger partial charge is 0.235 e. The maximum absolute atomic E-state index is 5.64. The molecule has 0 unspecified atom stereocenters. The first-order valence-electron chi connectivity index (χ1n) is 5.86. The molecule has 0 saturated carbocycles. The molecule has 0 radical (unpaired) electrons. The van der Waals surface area contributed by atoms with Crippen molar-refractivity contribution in [3.63, 3.8) is 0 Å². The molecule has 0 fully saturated rings. The number of aromatic nitrogens is 2. The Bertz CT molecular complexity index is 592. The average molecular weight is 290 g/mol. The van der Waals surface area contributed by atoms with Crippen LogP contribution in [-0.4, -0.2) is 29.2 Å². The Labute approximate surface area is 122 Å². The molecular weight excluding hydrogens is 276 g/mol. The number of ether oxygens (including phenoxy) is 2. The average Bonchev–Trinajstić information content (AvgIpc) is 2.47. The molecule has 0 spiro atoms. The predicted octanol–water partition coefficient (Wildman–Crippen LogP) is 2.19. The third kappa shape index (κ3) is 3.79. The van der Waals surface area contributed by atoms with E-state index >= 15 is 0 Å². The van der Waals surface area contributed by atoms with Crippen LogP contribution in [0.15, 0.2) is 36.4 Å². The topological polar surface area (TPSA) is 68.3 Å². The van der Waals surface area contributed by atoms with Crippen LogP contribution in [0.4, 0.5) is 5.95 Å². The van der Waals surface area contributed by atoms with Crippen LogP contribution in [0.1, 0.15) is 0 Å². The van der Waals surface area contributed by atoms with E-state index in [1.165, 1.54) is 7.11 Å². The summed E-state index contributed by atoms with van der Waals surface area (Å²) in [6, 6.07) is 10.9. The van der Waals surface area contributed by atoms with Crippen molar-refractivity contribution in [3.8, 4) is 17.5 Å². The molecule has 2 N–H and O–H groups in total. The lowest BCUT2D eigenvalue weighted by Crippen LogP contribution is -2.25.